The molecular formula is C55H45N5OPt+2. The summed E-state index contributed by atoms with van der Waals surface area (Å²) in [5.41, 5.74) is 1.76. The van der Waals surface area contributed by atoms with Gasteiger partial charge in [-0.05, 0) is 68.6 Å². The number of rotatable bonds is 7. The van der Waals surface area contributed by atoms with E-state index >= 15 is 0 Å². The van der Waals surface area contributed by atoms with Crippen LogP contribution in [0.1, 0.15) is 70.5 Å². The van der Waals surface area contributed by atoms with Crippen LogP contribution < -0.4 is 13.9 Å². The Morgan fingerprint density at radius 2 is 1.27 bits per heavy atom. The minimum absolute atomic E-state index is 0. The Labute approximate surface area is 395 Å². The minimum Gasteiger partial charge on any atom is -0.484 e. The van der Waals surface area contributed by atoms with Crippen molar-refractivity contribution in [3.63, 3.8) is 0 Å². The molecule has 0 N–H and O–H groups in total. The van der Waals surface area contributed by atoms with E-state index in [1.54, 1.807) is 41.2 Å². The molecule has 0 spiro atoms. The van der Waals surface area contributed by atoms with Crippen molar-refractivity contribution < 1.29 is 43.6 Å². The summed E-state index contributed by atoms with van der Waals surface area (Å²) in [7, 11) is 0. The second-order valence-electron chi connectivity index (χ2n) is 16.7. The van der Waals surface area contributed by atoms with Gasteiger partial charge in [-0.25, -0.2) is 4.98 Å². The van der Waals surface area contributed by atoms with E-state index in [2.05, 4.69) is 45.0 Å². The molecule has 7 heteroatoms. The van der Waals surface area contributed by atoms with E-state index in [9.17, 15) is 2.74 Å². The molecule has 0 saturated carbocycles. The van der Waals surface area contributed by atoms with Crippen molar-refractivity contribution in [2.45, 2.75) is 52.4 Å². The van der Waals surface area contributed by atoms with E-state index in [1.807, 2.05) is 67.8 Å². The molecule has 6 aromatic carbocycles. The Morgan fingerprint density at radius 1 is 0.645 bits per heavy atom. The van der Waals surface area contributed by atoms with Gasteiger partial charge < -0.3 is 9.30 Å². The largest absolute Gasteiger partial charge is 2.00 e. The zero-order valence-electron chi connectivity index (χ0n) is 47.5. The summed E-state index contributed by atoms with van der Waals surface area (Å²) in [5, 5.41) is 1.78. The van der Waals surface area contributed by atoms with Crippen molar-refractivity contribution >= 4 is 50.6 Å². The van der Waals surface area contributed by atoms with Crippen LogP contribution in [0.25, 0.3) is 49.9 Å². The van der Waals surface area contributed by atoms with Gasteiger partial charge in [-0.3, -0.25) is 4.98 Å². The third-order valence-corrected chi connectivity index (χ3v) is 10.6. The molecular weight excluding hydrogens is 942 g/mol. The Morgan fingerprint density at radius 3 is 1.94 bits per heavy atom. The zero-order chi connectivity index (χ0) is 53.2. The average Bonchev–Trinajstić information content (AvgIpc) is 3.92. The normalized spacial score (nSPS) is 15.4. The van der Waals surface area contributed by atoms with Crippen molar-refractivity contribution in [3.8, 4) is 39.7 Å². The Bertz CT molecular complexity index is 3850. The van der Waals surface area contributed by atoms with Crippen LogP contribution in [-0.2, 0) is 31.9 Å². The SMILES string of the molecule is [2H]c1c([2H])c([2H])c(-c2c([2H])c([2H])c([2H])c(-c3c([2H])c([2H])c([2H])c([2H])c3[2H])c2[N+]2=C=[N+](c3[c-]c(Oc4[c-]c5c(cn4)c4ccccc4n5-c4cc(C(C)(C)C)ccn4)cc(C(C)(C)C)c3)c3ccccc32)c([2H])c1[2H].[Pt+2]. The first-order valence-corrected chi connectivity index (χ1v) is 19.7. The summed E-state index contributed by atoms with van der Waals surface area (Å²) in [4.78, 5) is 9.52. The summed E-state index contributed by atoms with van der Waals surface area (Å²) < 4.78 is 127. The monoisotopic (exact) mass is 999 g/mol. The Hall–Kier alpha value is -6.71. The number of ether oxygens (including phenoxy) is 1. The summed E-state index contributed by atoms with van der Waals surface area (Å²) in [6.07, 6.45) is 3.53. The van der Waals surface area contributed by atoms with Gasteiger partial charge >= 0.3 is 27.1 Å². The standard InChI is InChI=1S/C55H45N5O.Pt/c1-54(2,3)39-28-29-56-51(32-39)60-47-25-14-13-22-45(47)46-35-57-52(34-50(46)60)61-42-31-40(55(4,5)6)30-41(33-42)58-36-59(49-27-16-15-26-48(49)58)53-43(37-18-9-7-10-19-37)23-17-24-44(53)38-20-11-8-12-21-38;/h7-32,35H,1-6H3;/q;+2/i7D,8D,9D,10D,11D,12D,17D,18D,19D,20D,21D,23D,24D;. The van der Waals surface area contributed by atoms with E-state index in [-0.39, 0.29) is 43.8 Å². The second-order valence-corrected chi connectivity index (χ2v) is 16.7. The van der Waals surface area contributed by atoms with Crippen molar-refractivity contribution in [1.29, 1.82) is 0 Å². The molecule has 1 aliphatic heterocycles. The first-order valence-electron chi connectivity index (χ1n) is 26.2. The number of hydrogen-bond acceptors (Lipinski definition) is 3. The third-order valence-electron chi connectivity index (χ3n) is 10.6. The Balaban J connectivity index is 0.00000689. The topological polar surface area (TPSA) is 46.0 Å². The van der Waals surface area contributed by atoms with Gasteiger partial charge in [0.2, 0.25) is 5.69 Å². The molecule has 0 saturated heterocycles. The molecule has 62 heavy (non-hydrogen) atoms. The van der Waals surface area contributed by atoms with Crippen LogP contribution in [0.3, 0.4) is 0 Å². The van der Waals surface area contributed by atoms with Crippen LogP contribution in [0.5, 0.6) is 11.6 Å². The predicted octanol–water partition coefficient (Wildman–Crippen LogP) is 13.7. The van der Waals surface area contributed by atoms with Crippen LogP contribution in [0.15, 0.2) is 164 Å². The van der Waals surface area contributed by atoms with E-state index < -0.39 is 106 Å². The van der Waals surface area contributed by atoms with E-state index in [4.69, 9.17) is 29.8 Å². The molecule has 0 aliphatic carbocycles. The fraction of sp³-hybridized carbons (Fsp3) is 0.145. The van der Waals surface area contributed by atoms with Gasteiger partial charge in [-0.1, -0.05) is 160 Å². The average molecular weight is 1000 g/mol. The smallest absolute Gasteiger partial charge is 0.484 e. The fourth-order valence-corrected chi connectivity index (χ4v) is 7.45. The van der Waals surface area contributed by atoms with E-state index in [0.29, 0.717) is 28.4 Å². The number of aromatic nitrogens is 3. The fourth-order valence-electron chi connectivity index (χ4n) is 7.45. The minimum atomic E-state index is -0.784. The zero-order valence-corrected chi connectivity index (χ0v) is 36.8. The van der Waals surface area contributed by atoms with Gasteiger partial charge in [0.25, 0.3) is 11.4 Å². The van der Waals surface area contributed by atoms with Gasteiger partial charge in [0.1, 0.15) is 17.4 Å². The van der Waals surface area contributed by atoms with Crippen LogP contribution in [0.2, 0.25) is 0 Å². The van der Waals surface area contributed by atoms with Gasteiger partial charge in [0, 0.05) is 29.6 Å². The number of fused-ring (bicyclic) bond motifs is 4. The van der Waals surface area contributed by atoms with Gasteiger partial charge in [-0.15, -0.1) is 22.5 Å². The maximum absolute atomic E-state index is 9.41. The molecule has 0 atom stereocenters. The molecule has 0 bridgehead atoms. The van der Waals surface area contributed by atoms with Gasteiger partial charge in [-0.2, -0.15) is 6.07 Å². The molecule has 4 heterocycles. The summed E-state index contributed by atoms with van der Waals surface area (Å²) >= 11 is 0. The number of benzene rings is 6. The summed E-state index contributed by atoms with van der Waals surface area (Å²) in [5.74, 6) is 1.07. The van der Waals surface area contributed by atoms with Crippen LogP contribution in [0, 0.1) is 12.1 Å². The van der Waals surface area contributed by atoms with Gasteiger partial charge in [0.15, 0.2) is 0 Å². The quantitative estimate of drug-likeness (QED) is 0.118. The van der Waals surface area contributed by atoms with Gasteiger partial charge in [0.05, 0.1) is 28.9 Å². The second kappa shape index (κ2) is 16.0. The summed E-state index contributed by atoms with van der Waals surface area (Å²) in [6, 6.07) is 23.2. The molecule has 6 nitrogen and oxygen atoms in total. The molecule has 0 radical (unpaired) electrons. The Kier molecular flexibility index (Phi) is 7.21. The van der Waals surface area contributed by atoms with Crippen molar-refractivity contribution in [2.75, 3.05) is 0 Å². The molecule has 1 aliphatic rings. The number of hydrogen-bond donors (Lipinski definition) is 0. The van der Waals surface area contributed by atoms with Crippen LogP contribution in [0.4, 0.5) is 22.7 Å². The third kappa shape index (κ3) is 7.40. The molecule has 9 aromatic rings. The first kappa shape index (κ1) is 28.0. The van der Waals surface area contributed by atoms with E-state index in [1.165, 1.54) is 4.58 Å². The number of para-hydroxylation sites is 4. The number of nitrogens with zero attached hydrogens (tertiary/aromatic N) is 5. The molecule has 0 unspecified atom stereocenters. The molecule has 3 aromatic heterocycles. The summed E-state index contributed by atoms with van der Waals surface area (Å²) in [6.45, 7) is 12.5. The van der Waals surface area contributed by atoms with Crippen molar-refractivity contribution in [2.24, 2.45) is 0 Å². The maximum atomic E-state index is 9.41. The molecule has 0 fully saturated rings. The predicted molar refractivity (Wildman–Crippen MR) is 250 cm³/mol. The molecule has 10 rings (SSSR count). The van der Waals surface area contributed by atoms with Crippen LogP contribution in [-0.4, -0.2) is 20.5 Å². The molecule has 304 valence electrons. The first-order chi connectivity index (χ1) is 34.9. The maximum Gasteiger partial charge on any atom is 2.00 e. The van der Waals surface area contributed by atoms with Crippen molar-refractivity contribution in [3.05, 3.63) is 187 Å². The van der Waals surface area contributed by atoms with E-state index in [0.717, 1.165) is 27.4 Å². The number of pyridine rings is 2. The molecule has 0 amide bonds. The van der Waals surface area contributed by atoms with Crippen molar-refractivity contribution in [1.82, 2.24) is 23.7 Å². The van der Waals surface area contributed by atoms with Crippen LogP contribution >= 0.6 is 0 Å².